The molecular formula is C24H23N3O2. The number of hydrogen-bond acceptors (Lipinski definition) is 5. The number of benzene rings is 2. The second kappa shape index (κ2) is 8.71. The Bertz CT molecular complexity index is 1070. The van der Waals surface area contributed by atoms with E-state index in [4.69, 9.17) is 9.15 Å². The van der Waals surface area contributed by atoms with Crippen molar-refractivity contribution >= 4 is 11.7 Å². The molecule has 5 heteroatoms. The molecule has 0 aliphatic heterocycles. The summed E-state index contributed by atoms with van der Waals surface area (Å²) in [5.74, 6) is 0.711. The Hall–Kier alpha value is -3.44. The van der Waals surface area contributed by atoms with Crippen molar-refractivity contribution in [1.82, 2.24) is 9.97 Å². The van der Waals surface area contributed by atoms with Crippen molar-refractivity contribution in [3.05, 3.63) is 84.2 Å². The summed E-state index contributed by atoms with van der Waals surface area (Å²) < 4.78 is 11.4. The zero-order chi connectivity index (χ0) is 20.1. The minimum absolute atomic E-state index is 0.463. The fourth-order valence-electron chi connectivity index (χ4n) is 3.03. The Kier molecular flexibility index (Phi) is 5.68. The first-order chi connectivity index (χ1) is 14.2. The predicted molar refractivity (Wildman–Crippen MR) is 115 cm³/mol. The SMILES string of the molecule is CCOCc1ccc(C)c(Nc2ncc(-c3ccc(-c4ccccn4)cc3)o2)c1. The highest BCUT2D eigenvalue weighted by Gasteiger charge is 2.09. The number of nitrogens with one attached hydrogen (secondary N) is 1. The first kappa shape index (κ1) is 18.9. The number of ether oxygens (including phenoxy) is 1. The number of rotatable bonds is 7. The second-order valence-corrected chi connectivity index (χ2v) is 6.73. The van der Waals surface area contributed by atoms with Crippen LogP contribution < -0.4 is 5.32 Å². The van der Waals surface area contributed by atoms with Crippen molar-refractivity contribution in [1.29, 1.82) is 0 Å². The second-order valence-electron chi connectivity index (χ2n) is 6.73. The minimum Gasteiger partial charge on any atom is -0.423 e. The van der Waals surface area contributed by atoms with Gasteiger partial charge in [0.1, 0.15) is 0 Å². The largest absolute Gasteiger partial charge is 0.423 e. The molecule has 0 radical (unpaired) electrons. The summed E-state index contributed by atoms with van der Waals surface area (Å²) in [6.07, 6.45) is 3.53. The van der Waals surface area contributed by atoms with E-state index in [1.165, 1.54) is 0 Å². The van der Waals surface area contributed by atoms with E-state index in [9.17, 15) is 0 Å². The van der Waals surface area contributed by atoms with Crippen molar-refractivity contribution in [3.8, 4) is 22.6 Å². The molecule has 0 bridgehead atoms. The van der Waals surface area contributed by atoms with Gasteiger partial charge in [-0.1, -0.05) is 42.5 Å². The maximum Gasteiger partial charge on any atom is 0.299 e. The van der Waals surface area contributed by atoms with Crippen LogP contribution in [-0.2, 0) is 11.3 Å². The van der Waals surface area contributed by atoms with E-state index in [2.05, 4.69) is 33.5 Å². The van der Waals surface area contributed by atoms with Crippen molar-refractivity contribution in [2.45, 2.75) is 20.5 Å². The molecule has 0 aliphatic rings. The van der Waals surface area contributed by atoms with E-state index < -0.39 is 0 Å². The van der Waals surface area contributed by atoms with E-state index in [0.29, 0.717) is 25.0 Å². The van der Waals surface area contributed by atoms with Gasteiger partial charge in [-0.05, 0) is 43.2 Å². The molecule has 146 valence electrons. The third-order valence-corrected chi connectivity index (χ3v) is 4.65. The van der Waals surface area contributed by atoms with Gasteiger partial charge in [-0.2, -0.15) is 0 Å². The van der Waals surface area contributed by atoms with Crippen LogP contribution in [0.2, 0.25) is 0 Å². The molecule has 2 aromatic carbocycles. The molecule has 4 rings (SSSR count). The molecule has 0 saturated carbocycles. The molecule has 0 saturated heterocycles. The third kappa shape index (κ3) is 4.52. The summed E-state index contributed by atoms with van der Waals surface area (Å²) >= 11 is 0. The van der Waals surface area contributed by atoms with Crippen LogP contribution in [0.15, 0.2) is 77.5 Å². The van der Waals surface area contributed by atoms with Crippen molar-refractivity contribution in [3.63, 3.8) is 0 Å². The zero-order valence-electron chi connectivity index (χ0n) is 16.6. The summed E-state index contributed by atoms with van der Waals surface area (Å²) in [6.45, 7) is 5.32. The number of oxazole rings is 1. The van der Waals surface area contributed by atoms with Crippen molar-refractivity contribution in [2.24, 2.45) is 0 Å². The van der Waals surface area contributed by atoms with Gasteiger partial charge in [-0.25, -0.2) is 4.98 Å². The lowest BCUT2D eigenvalue weighted by Crippen LogP contribution is -1.97. The Morgan fingerprint density at radius 1 is 0.966 bits per heavy atom. The highest BCUT2D eigenvalue weighted by molar-refractivity contribution is 5.66. The van der Waals surface area contributed by atoms with E-state index in [0.717, 1.165) is 33.6 Å². The first-order valence-electron chi connectivity index (χ1n) is 9.65. The van der Waals surface area contributed by atoms with Gasteiger partial charge in [-0.3, -0.25) is 4.98 Å². The molecule has 4 aromatic rings. The molecule has 0 fully saturated rings. The number of aromatic nitrogens is 2. The molecule has 5 nitrogen and oxygen atoms in total. The Labute approximate surface area is 170 Å². The third-order valence-electron chi connectivity index (χ3n) is 4.65. The summed E-state index contributed by atoms with van der Waals surface area (Å²) in [5.41, 5.74) is 6.16. The molecule has 0 amide bonds. The highest BCUT2D eigenvalue weighted by Crippen LogP contribution is 2.28. The lowest BCUT2D eigenvalue weighted by atomic mass is 10.1. The maximum atomic E-state index is 5.93. The molecule has 0 aliphatic carbocycles. The fourth-order valence-corrected chi connectivity index (χ4v) is 3.03. The van der Waals surface area contributed by atoms with Crippen molar-refractivity contribution < 1.29 is 9.15 Å². The van der Waals surface area contributed by atoms with Gasteiger partial charge < -0.3 is 14.5 Å². The van der Waals surface area contributed by atoms with Crippen LogP contribution in [0, 0.1) is 6.92 Å². The quantitative estimate of drug-likeness (QED) is 0.423. The number of hydrogen-bond donors (Lipinski definition) is 1. The summed E-state index contributed by atoms with van der Waals surface area (Å²) in [5, 5.41) is 3.27. The predicted octanol–water partition coefficient (Wildman–Crippen LogP) is 5.99. The molecular weight excluding hydrogens is 362 g/mol. The van der Waals surface area contributed by atoms with Gasteiger partial charge >= 0.3 is 0 Å². The van der Waals surface area contributed by atoms with Crippen LogP contribution in [0.4, 0.5) is 11.7 Å². The van der Waals surface area contributed by atoms with Gasteiger partial charge in [0.15, 0.2) is 5.76 Å². The van der Waals surface area contributed by atoms with E-state index in [1.54, 1.807) is 12.4 Å². The summed E-state index contributed by atoms with van der Waals surface area (Å²) in [7, 11) is 0. The van der Waals surface area contributed by atoms with Gasteiger partial charge in [0.25, 0.3) is 6.01 Å². The molecule has 29 heavy (non-hydrogen) atoms. The number of nitrogens with zero attached hydrogens (tertiary/aromatic N) is 2. The first-order valence-corrected chi connectivity index (χ1v) is 9.65. The lowest BCUT2D eigenvalue weighted by molar-refractivity contribution is 0.134. The van der Waals surface area contributed by atoms with Gasteiger partial charge in [0.2, 0.25) is 0 Å². The van der Waals surface area contributed by atoms with E-state index in [-0.39, 0.29) is 0 Å². The number of aryl methyl sites for hydroxylation is 1. The fraction of sp³-hybridized carbons (Fsp3) is 0.167. The molecule has 0 unspecified atom stereocenters. The van der Waals surface area contributed by atoms with Crippen LogP contribution in [0.5, 0.6) is 0 Å². The van der Waals surface area contributed by atoms with E-state index >= 15 is 0 Å². The molecule has 0 spiro atoms. The average molecular weight is 385 g/mol. The van der Waals surface area contributed by atoms with Gasteiger partial charge in [-0.15, -0.1) is 0 Å². The smallest absolute Gasteiger partial charge is 0.299 e. The normalized spacial score (nSPS) is 10.8. The monoisotopic (exact) mass is 385 g/mol. The Morgan fingerprint density at radius 3 is 2.55 bits per heavy atom. The molecule has 1 N–H and O–H groups in total. The standard InChI is InChI=1S/C24H23N3O2/c1-3-28-16-18-8-7-17(2)22(14-18)27-24-26-15-23(29-24)20-11-9-19(10-12-20)21-6-4-5-13-25-21/h4-15H,3,16H2,1-2H3,(H,26,27). The molecule has 0 atom stereocenters. The topological polar surface area (TPSA) is 60.2 Å². The van der Waals surface area contributed by atoms with Gasteiger partial charge in [0.05, 0.1) is 18.5 Å². The minimum atomic E-state index is 0.463. The average Bonchev–Trinajstić information content (AvgIpc) is 3.23. The highest BCUT2D eigenvalue weighted by atomic mass is 16.5. The maximum absolute atomic E-state index is 5.93. The van der Waals surface area contributed by atoms with Crippen LogP contribution in [0.3, 0.4) is 0 Å². The number of anilines is 2. The number of pyridine rings is 1. The van der Waals surface area contributed by atoms with Crippen LogP contribution in [0.1, 0.15) is 18.1 Å². The van der Waals surface area contributed by atoms with Crippen LogP contribution in [-0.4, -0.2) is 16.6 Å². The van der Waals surface area contributed by atoms with Crippen molar-refractivity contribution in [2.75, 3.05) is 11.9 Å². The summed E-state index contributed by atoms with van der Waals surface area (Å²) in [6, 6.07) is 20.7. The van der Waals surface area contributed by atoms with Crippen LogP contribution in [0.25, 0.3) is 22.6 Å². The van der Waals surface area contributed by atoms with Crippen LogP contribution >= 0.6 is 0 Å². The molecule has 2 aromatic heterocycles. The van der Waals surface area contributed by atoms with Gasteiger partial charge in [0, 0.05) is 29.6 Å². The zero-order valence-corrected chi connectivity index (χ0v) is 16.6. The summed E-state index contributed by atoms with van der Waals surface area (Å²) in [4.78, 5) is 8.76. The Morgan fingerprint density at radius 2 is 1.79 bits per heavy atom. The lowest BCUT2D eigenvalue weighted by Gasteiger charge is -2.09. The molecule has 2 heterocycles. The Balaban J connectivity index is 1.50. The van der Waals surface area contributed by atoms with E-state index in [1.807, 2.05) is 56.3 Å².